The topological polar surface area (TPSA) is 28.2 Å². The fourth-order valence-electron chi connectivity index (χ4n) is 3.08. The maximum Gasteiger partial charge on any atom is 0.0936 e. The van der Waals surface area contributed by atoms with Crippen molar-refractivity contribution in [3.63, 3.8) is 0 Å². The van der Waals surface area contributed by atoms with Crippen molar-refractivity contribution in [1.82, 2.24) is 10.3 Å². The van der Waals surface area contributed by atoms with Crippen LogP contribution in [0.3, 0.4) is 0 Å². The Labute approximate surface area is 134 Å². The fraction of sp³-hybridized carbons (Fsp3) is 0.471. The molecule has 21 heavy (non-hydrogen) atoms. The zero-order chi connectivity index (χ0) is 14.7. The highest BCUT2D eigenvalue weighted by atomic mass is 79.9. The van der Waals surface area contributed by atoms with Crippen molar-refractivity contribution >= 4 is 32.5 Å². The van der Waals surface area contributed by atoms with Gasteiger partial charge in [-0.05, 0) is 53.9 Å². The lowest BCUT2D eigenvalue weighted by Gasteiger charge is -2.35. The van der Waals surface area contributed by atoms with Crippen LogP contribution in [-0.4, -0.2) is 30.7 Å². The van der Waals surface area contributed by atoms with Crippen LogP contribution in [-0.2, 0) is 0 Å². The molecule has 1 aliphatic rings. The van der Waals surface area contributed by atoms with Gasteiger partial charge in [-0.1, -0.05) is 19.1 Å². The molecule has 0 bridgehead atoms. The first-order valence-corrected chi connectivity index (χ1v) is 8.60. The number of anilines is 1. The molecule has 1 aromatic carbocycles. The van der Waals surface area contributed by atoms with Crippen LogP contribution >= 0.6 is 15.9 Å². The lowest BCUT2D eigenvalue weighted by Crippen LogP contribution is -2.46. The highest BCUT2D eigenvalue weighted by Crippen LogP contribution is 2.29. The van der Waals surface area contributed by atoms with E-state index in [1.54, 1.807) is 0 Å². The van der Waals surface area contributed by atoms with Crippen LogP contribution in [0.25, 0.3) is 10.9 Å². The van der Waals surface area contributed by atoms with Crippen molar-refractivity contribution in [1.29, 1.82) is 0 Å². The Morgan fingerprint density at radius 2 is 2.33 bits per heavy atom. The molecule has 1 unspecified atom stereocenters. The average molecular weight is 348 g/mol. The van der Waals surface area contributed by atoms with Crippen molar-refractivity contribution in [3.05, 3.63) is 34.9 Å². The number of benzene rings is 1. The molecule has 1 aliphatic heterocycles. The minimum Gasteiger partial charge on any atom is -0.368 e. The summed E-state index contributed by atoms with van der Waals surface area (Å²) >= 11 is 3.50. The number of piperidine rings is 1. The Hall–Kier alpha value is -1.13. The number of hydrogen-bond donors (Lipinski definition) is 1. The minimum absolute atomic E-state index is 0.601. The quantitative estimate of drug-likeness (QED) is 0.906. The zero-order valence-electron chi connectivity index (χ0n) is 12.5. The van der Waals surface area contributed by atoms with Gasteiger partial charge in [-0.2, -0.15) is 0 Å². The van der Waals surface area contributed by atoms with Gasteiger partial charge >= 0.3 is 0 Å². The number of pyridine rings is 1. The number of hydrogen-bond acceptors (Lipinski definition) is 3. The molecule has 0 aliphatic carbocycles. The summed E-state index contributed by atoms with van der Waals surface area (Å²) in [7, 11) is 0. The molecular formula is C17H22BrN3. The molecule has 1 saturated heterocycles. The van der Waals surface area contributed by atoms with E-state index in [9.17, 15) is 0 Å². The molecule has 0 amide bonds. The van der Waals surface area contributed by atoms with Crippen LogP contribution in [0.4, 0.5) is 5.69 Å². The van der Waals surface area contributed by atoms with Crippen LogP contribution in [0, 0.1) is 0 Å². The maximum absolute atomic E-state index is 4.63. The molecule has 3 rings (SSSR count). The summed E-state index contributed by atoms with van der Waals surface area (Å²) in [6, 6.07) is 9.21. The molecule has 0 saturated carbocycles. The van der Waals surface area contributed by atoms with E-state index in [1.165, 1.54) is 30.3 Å². The molecule has 1 N–H and O–H groups in total. The molecule has 3 nitrogen and oxygen atoms in total. The van der Waals surface area contributed by atoms with Crippen LogP contribution < -0.4 is 10.2 Å². The predicted octanol–water partition coefficient (Wildman–Crippen LogP) is 3.97. The van der Waals surface area contributed by atoms with E-state index >= 15 is 0 Å². The Bertz CT molecular complexity index is 614. The van der Waals surface area contributed by atoms with Crippen molar-refractivity contribution in [2.24, 2.45) is 0 Å². The van der Waals surface area contributed by atoms with E-state index < -0.39 is 0 Å². The first kappa shape index (κ1) is 14.8. The first-order valence-electron chi connectivity index (χ1n) is 7.80. The molecular weight excluding hydrogens is 326 g/mol. The van der Waals surface area contributed by atoms with Crippen molar-refractivity contribution in [3.8, 4) is 0 Å². The fourth-order valence-corrected chi connectivity index (χ4v) is 3.43. The molecule has 1 atom stereocenters. The van der Waals surface area contributed by atoms with E-state index in [4.69, 9.17) is 0 Å². The summed E-state index contributed by atoms with van der Waals surface area (Å²) in [5.74, 6) is 0. The third kappa shape index (κ3) is 3.38. The summed E-state index contributed by atoms with van der Waals surface area (Å²) in [4.78, 5) is 7.12. The van der Waals surface area contributed by atoms with Crippen LogP contribution in [0.1, 0.15) is 26.2 Å². The molecule has 2 heterocycles. The van der Waals surface area contributed by atoms with E-state index in [1.807, 2.05) is 6.20 Å². The predicted molar refractivity (Wildman–Crippen MR) is 93.0 cm³/mol. The van der Waals surface area contributed by atoms with Gasteiger partial charge in [-0.15, -0.1) is 0 Å². The van der Waals surface area contributed by atoms with Gasteiger partial charge in [0.25, 0.3) is 0 Å². The third-order valence-electron chi connectivity index (χ3n) is 4.10. The highest BCUT2D eigenvalue weighted by molar-refractivity contribution is 9.10. The Balaban J connectivity index is 1.86. The second-order valence-electron chi connectivity index (χ2n) is 5.74. The second-order valence-corrected chi connectivity index (χ2v) is 6.66. The Kier molecular flexibility index (Phi) is 4.76. The van der Waals surface area contributed by atoms with Gasteiger partial charge in [0, 0.05) is 35.2 Å². The van der Waals surface area contributed by atoms with Gasteiger partial charge in [0.15, 0.2) is 0 Å². The average Bonchev–Trinajstić information content (AvgIpc) is 2.52. The number of halogens is 1. The SMILES string of the molecule is CCCNC1CCCN(c2cccc3cc(Br)cnc23)C1. The van der Waals surface area contributed by atoms with Crippen molar-refractivity contribution < 1.29 is 0 Å². The number of aromatic nitrogens is 1. The van der Waals surface area contributed by atoms with Crippen LogP contribution in [0.2, 0.25) is 0 Å². The zero-order valence-corrected chi connectivity index (χ0v) is 14.1. The first-order chi connectivity index (χ1) is 10.3. The number of nitrogens with one attached hydrogen (secondary N) is 1. The summed E-state index contributed by atoms with van der Waals surface area (Å²) in [5, 5.41) is 4.86. The smallest absolute Gasteiger partial charge is 0.0936 e. The van der Waals surface area contributed by atoms with Gasteiger partial charge in [0.2, 0.25) is 0 Å². The normalized spacial score (nSPS) is 19.1. The largest absolute Gasteiger partial charge is 0.368 e. The number of para-hydroxylation sites is 1. The van der Waals surface area contributed by atoms with Crippen molar-refractivity contribution in [2.75, 3.05) is 24.5 Å². The van der Waals surface area contributed by atoms with Crippen molar-refractivity contribution in [2.45, 2.75) is 32.2 Å². The van der Waals surface area contributed by atoms with Gasteiger partial charge in [-0.3, -0.25) is 4.98 Å². The number of nitrogens with zero attached hydrogens (tertiary/aromatic N) is 2. The Morgan fingerprint density at radius 3 is 3.19 bits per heavy atom. The molecule has 1 aromatic heterocycles. The summed E-state index contributed by atoms with van der Waals surface area (Å²) in [6.07, 6.45) is 5.61. The Morgan fingerprint density at radius 1 is 1.43 bits per heavy atom. The summed E-state index contributed by atoms with van der Waals surface area (Å²) in [5.41, 5.74) is 2.37. The van der Waals surface area contributed by atoms with E-state index in [0.29, 0.717) is 6.04 Å². The molecule has 0 spiro atoms. The standard InChI is InChI=1S/C17H22BrN3/c1-2-8-19-15-6-4-9-21(12-15)16-7-3-5-13-10-14(18)11-20-17(13)16/h3,5,7,10-11,15,19H,2,4,6,8-9,12H2,1H3. The van der Waals surface area contributed by atoms with E-state index in [2.05, 4.69) is 62.3 Å². The number of rotatable bonds is 4. The molecule has 4 heteroatoms. The molecule has 112 valence electrons. The number of fused-ring (bicyclic) bond motifs is 1. The second kappa shape index (κ2) is 6.75. The minimum atomic E-state index is 0.601. The molecule has 1 fully saturated rings. The maximum atomic E-state index is 4.63. The van der Waals surface area contributed by atoms with E-state index in [-0.39, 0.29) is 0 Å². The van der Waals surface area contributed by atoms with Gasteiger partial charge < -0.3 is 10.2 Å². The summed E-state index contributed by atoms with van der Waals surface area (Å²) < 4.78 is 1.04. The summed E-state index contributed by atoms with van der Waals surface area (Å²) in [6.45, 7) is 5.54. The van der Waals surface area contributed by atoms with E-state index in [0.717, 1.165) is 29.6 Å². The lowest BCUT2D eigenvalue weighted by atomic mass is 10.0. The van der Waals surface area contributed by atoms with Gasteiger partial charge in [-0.25, -0.2) is 0 Å². The monoisotopic (exact) mass is 347 g/mol. The molecule has 2 aromatic rings. The lowest BCUT2D eigenvalue weighted by molar-refractivity contribution is 0.424. The highest BCUT2D eigenvalue weighted by Gasteiger charge is 2.21. The third-order valence-corrected chi connectivity index (χ3v) is 4.54. The van der Waals surface area contributed by atoms with Crippen LogP contribution in [0.15, 0.2) is 34.9 Å². The van der Waals surface area contributed by atoms with Gasteiger partial charge in [0.1, 0.15) is 0 Å². The molecule has 0 radical (unpaired) electrons. The van der Waals surface area contributed by atoms with Gasteiger partial charge in [0.05, 0.1) is 11.2 Å². The van der Waals surface area contributed by atoms with Crippen LogP contribution in [0.5, 0.6) is 0 Å².